The second-order valence-electron chi connectivity index (χ2n) is 10.7. The molecule has 214 valence electrons. The minimum atomic E-state index is -0.530. The number of ether oxygens (including phenoxy) is 1. The Morgan fingerprint density at radius 3 is 2.76 bits per heavy atom. The van der Waals surface area contributed by atoms with Crippen LogP contribution in [0.2, 0.25) is 0 Å². The van der Waals surface area contributed by atoms with Crippen molar-refractivity contribution in [1.29, 1.82) is 5.26 Å². The number of benzene rings is 2. The van der Waals surface area contributed by atoms with Crippen molar-refractivity contribution in [3.05, 3.63) is 72.3 Å². The number of halogens is 1. The summed E-state index contributed by atoms with van der Waals surface area (Å²) in [4.78, 5) is 23.7. The molecule has 3 N–H and O–H groups in total. The Bertz CT molecular complexity index is 1710. The van der Waals surface area contributed by atoms with Crippen molar-refractivity contribution in [2.45, 2.75) is 44.2 Å². The Kier molecular flexibility index (Phi) is 7.31. The van der Waals surface area contributed by atoms with Gasteiger partial charge in [0.15, 0.2) is 5.65 Å². The van der Waals surface area contributed by atoms with Crippen molar-refractivity contribution in [3.63, 3.8) is 0 Å². The number of carbonyl (C=O) groups excluding carboxylic acids is 1. The largest absolute Gasteiger partial charge is 0.457 e. The van der Waals surface area contributed by atoms with Crippen LogP contribution in [0.1, 0.15) is 38.6 Å². The number of likely N-dealkylation sites (tertiary alicyclic amines) is 1. The van der Waals surface area contributed by atoms with Gasteiger partial charge in [-0.15, -0.1) is 0 Å². The van der Waals surface area contributed by atoms with E-state index in [9.17, 15) is 10.1 Å². The summed E-state index contributed by atoms with van der Waals surface area (Å²) in [6, 6.07) is 15.6. The predicted molar refractivity (Wildman–Crippen MR) is 156 cm³/mol. The zero-order valence-corrected chi connectivity index (χ0v) is 23.3. The number of piperidine rings is 1. The first-order valence-corrected chi connectivity index (χ1v) is 14.1. The van der Waals surface area contributed by atoms with Gasteiger partial charge in [0.1, 0.15) is 46.8 Å². The third-order valence-electron chi connectivity index (χ3n) is 7.81. The lowest BCUT2D eigenvalue weighted by atomic mass is 10.0. The molecule has 0 unspecified atom stereocenters. The molecular formula is C31H31FN8O2. The first-order chi connectivity index (χ1) is 20.4. The van der Waals surface area contributed by atoms with Crippen LogP contribution in [0.5, 0.6) is 11.5 Å². The number of hydrogen-bond acceptors (Lipinski definition) is 8. The number of nitrogens with one attached hydrogen (secondary N) is 1. The fourth-order valence-electron chi connectivity index (χ4n) is 5.60. The third kappa shape index (κ3) is 5.29. The van der Waals surface area contributed by atoms with Crippen LogP contribution in [-0.4, -0.2) is 55.7 Å². The summed E-state index contributed by atoms with van der Waals surface area (Å²) in [6.45, 7) is 3.63. The Labute approximate surface area is 242 Å². The van der Waals surface area contributed by atoms with E-state index >= 15 is 4.39 Å². The first kappa shape index (κ1) is 27.4. The molecule has 1 aliphatic heterocycles. The van der Waals surface area contributed by atoms with E-state index in [0.29, 0.717) is 47.7 Å². The van der Waals surface area contributed by atoms with Crippen molar-refractivity contribution in [1.82, 2.24) is 30.0 Å². The summed E-state index contributed by atoms with van der Waals surface area (Å²) in [6.07, 6.45) is 6.38. The van der Waals surface area contributed by atoms with Gasteiger partial charge in [-0.2, -0.15) is 10.4 Å². The van der Waals surface area contributed by atoms with E-state index < -0.39 is 5.82 Å². The number of nitrogen functional groups attached to an aromatic ring is 1. The fraction of sp³-hybridized carbons (Fsp3) is 0.323. The number of para-hydroxylation sites is 1. The van der Waals surface area contributed by atoms with Gasteiger partial charge in [0.05, 0.1) is 11.4 Å². The number of nitriles is 1. The number of carbonyl (C=O) groups is 1. The van der Waals surface area contributed by atoms with Crippen molar-refractivity contribution < 1.29 is 13.9 Å². The maximum atomic E-state index is 15.5. The van der Waals surface area contributed by atoms with Crippen molar-refractivity contribution >= 4 is 22.8 Å². The second kappa shape index (κ2) is 11.2. The molecule has 1 saturated carbocycles. The smallest absolute Gasteiger partial charge is 0.264 e. The lowest BCUT2D eigenvalue weighted by molar-refractivity contribution is -0.128. The Hall–Kier alpha value is -4.82. The Morgan fingerprint density at radius 2 is 2.05 bits per heavy atom. The predicted octanol–water partition coefficient (Wildman–Crippen LogP) is 4.76. The molecule has 42 heavy (non-hydrogen) atoms. The van der Waals surface area contributed by atoms with Gasteiger partial charge in [-0.05, 0) is 62.6 Å². The standard InChI is InChI=1S/C31H31FN8O2/c1-2-37-31(12-13-31)16-20(17-33)30(41)39-14-6-7-21(18-39)40-29-26(28(34)35-19-36-29)27(38-40)24-11-10-23(15-25(24)32)42-22-8-4-3-5-9-22/h3-5,8-11,15-16,19,21,37H,2,6-7,12-14,18H2,1H3,(H2,34,35,36)/t21-/m1/s1. The molecule has 2 fully saturated rings. The molecule has 1 saturated heterocycles. The van der Waals surface area contributed by atoms with Crippen LogP contribution in [0.25, 0.3) is 22.3 Å². The number of nitrogens with two attached hydrogens (primary N) is 1. The molecule has 0 bridgehead atoms. The van der Waals surface area contributed by atoms with Crippen LogP contribution in [0.15, 0.2) is 66.5 Å². The summed E-state index contributed by atoms with van der Waals surface area (Å²) in [7, 11) is 0. The molecule has 4 aromatic rings. The van der Waals surface area contributed by atoms with E-state index in [1.54, 1.807) is 39.9 Å². The van der Waals surface area contributed by atoms with Gasteiger partial charge in [0, 0.05) is 30.3 Å². The number of anilines is 1. The highest BCUT2D eigenvalue weighted by atomic mass is 19.1. The number of rotatable bonds is 8. The van der Waals surface area contributed by atoms with Crippen molar-refractivity contribution in [3.8, 4) is 28.8 Å². The number of amides is 1. The second-order valence-corrected chi connectivity index (χ2v) is 10.7. The number of likely N-dealkylation sites (N-methyl/N-ethyl adjacent to an activating group) is 1. The zero-order valence-electron chi connectivity index (χ0n) is 23.3. The molecule has 1 atom stereocenters. The molecule has 1 aliphatic carbocycles. The van der Waals surface area contributed by atoms with Crippen LogP contribution in [0, 0.1) is 17.1 Å². The number of hydrogen-bond donors (Lipinski definition) is 2. The molecule has 0 radical (unpaired) electrons. The third-order valence-corrected chi connectivity index (χ3v) is 7.81. The molecular weight excluding hydrogens is 535 g/mol. The highest BCUT2D eigenvalue weighted by molar-refractivity contribution is 5.99. The molecule has 0 spiro atoms. The Morgan fingerprint density at radius 1 is 1.24 bits per heavy atom. The van der Waals surface area contributed by atoms with Gasteiger partial charge < -0.3 is 20.7 Å². The van der Waals surface area contributed by atoms with Crippen LogP contribution in [0.4, 0.5) is 10.2 Å². The summed E-state index contributed by atoms with van der Waals surface area (Å²) < 4.78 is 23.0. The number of nitrogens with zero attached hydrogens (tertiary/aromatic N) is 6. The summed E-state index contributed by atoms with van der Waals surface area (Å²) >= 11 is 0. The molecule has 2 aromatic carbocycles. The molecule has 6 rings (SSSR count). The Balaban J connectivity index is 1.30. The van der Waals surface area contributed by atoms with Crippen LogP contribution < -0.4 is 15.8 Å². The fourth-order valence-corrected chi connectivity index (χ4v) is 5.60. The van der Waals surface area contributed by atoms with Gasteiger partial charge in [0.25, 0.3) is 5.91 Å². The molecule has 2 aromatic heterocycles. The maximum absolute atomic E-state index is 15.5. The molecule has 1 amide bonds. The quantitative estimate of drug-likeness (QED) is 0.230. The zero-order chi connectivity index (χ0) is 29.3. The number of aromatic nitrogens is 4. The average Bonchev–Trinajstić information content (AvgIpc) is 3.65. The van der Waals surface area contributed by atoms with Crippen LogP contribution in [-0.2, 0) is 4.79 Å². The van der Waals surface area contributed by atoms with Gasteiger partial charge in [-0.1, -0.05) is 25.1 Å². The normalized spacial score (nSPS) is 18.1. The molecule has 3 heterocycles. The van der Waals surface area contributed by atoms with Crippen LogP contribution >= 0.6 is 0 Å². The van der Waals surface area contributed by atoms with Gasteiger partial charge >= 0.3 is 0 Å². The SMILES string of the molecule is CCNC1(C=C(C#N)C(=O)N2CCC[C@@H](n3nc(-c4ccc(Oc5ccccc5)cc4F)c4c(N)ncnc43)C2)CC1. The first-order valence-electron chi connectivity index (χ1n) is 14.1. The molecule has 2 aliphatic rings. The van der Waals surface area contributed by atoms with E-state index in [2.05, 4.69) is 21.4 Å². The van der Waals surface area contributed by atoms with E-state index in [4.69, 9.17) is 15.6 Å². The lowest BCUT2D eigenvalue weighted by Crippen LogP contribution is -2.42. The minimum absolute atomic E-state index is 0.145. The van der Waals surface area contributed by atoms with Gasteiger partial charge in [-0.3, -0.25) is 4.79 Å². The number of fused-ring (bicyclic) bond motifs is 1. The van der Waals surface area contributed by atoms with Crippen molar-refractivity contribution in [2.24, 2.45) is 0 Å². The summed E-state index contributed by atoms with van der Waals surface area (Å²) in [5.74, 6) is 0.299. The maximum Gasteiger partial charge on any atom is 0.264 e. The summed E-state index contributed by atoms with van der Waals surface area (Å²) in [5.41, 5.74) is 7.16. The summed E-state index contributed by atoms with van der Waals surface area (Å²) in [5, 5.41) is 18.4. The molecule has 11 heteroatoms. The van der Waals surface area contributed by atoms with Crippen LogP contribution in [0.3, 0.4) is 0 Å². The minimum Gasteiger partial charge on any atom is -0.457 e. The van der Waals surface area contributed by atoms with Crippen molar-refractivity contribution in [2.75, 3.05) is 25.4 Å². The van der Waals surface area contributed by atoms with E-state index in [-0.39, 0.29) is 34.4 Å². The highest BCUT2D eigenvalue weighted by Gasteiger charge is 2.41. The average molecular weight is 567 g/mol. The van der Waals surface area contributed by atoms with E-state index in [0.717, 1.165) is 25.8 Å². The van der Waals surface area contributed by atoms with E-state index in [1.807, 2.05) is 25.1 Å². The molecule has 10 nitrogen and oxygen atoms in total. The lowest BCUT2D eigenvalue weighted by Gasteiger charge is -2.33. The highest BCUT2D eigenvalue weighted by Crippen LogP contribution is 2.39. The van der Waals surface area contributed by atoms with E-state index in [1.165, 1.54) is 12.4 Å². The monoisotopic (exact) mass is 566 g/mol. The topological polar surface area (TPSA) is 135 Å². The van der Waals surface area contributed by atoms with Gasteiger partial charge in [0.2, 0.25) is 0 Å². The van der Waals surface area contributed by atoms with Gasteiger partial charge in [-0.25, -0.2) is 19.0 Å².